The second-order valence-corrected chi connectivity index (χ2v) is 6.69. The molecule has 1 heterocycles. The lowest BCUT2D eigenvalue weighted by Gasteiger charge is -2.13. The molecule has 0 aliphatic carbocycles. The zero-order valence-electron chi connectivity index (χ0n) is 14.4. The van der Waals surface area contributed by atoms with Crippen LogP contribution in [0.3, 0.4) is 0 Å². The smallest absolute Gasteiger partial charge is 0.256 e. The van der Waals surface area contributed by atoms with E-state index in [1.807, 2.05) is 38.1 Å². The third-order valence-electron chi connectivity index (χ3n) is 4.07. The van der Waals surface area contributed by atoms with Crippen molar-refractivity contribution in [1.82, 2.24) is 4.98 Å². The molecule has 0 aliphatic heterocycles. The molecule has 2 amide bonds. The third kappa shape index (κ3) is 3.53. The number of carbonyl (C=O) groups is 2. The molecule has 0 saturated carbocycles. The quantitative estimate of drug-likeness (QED) is 0.718. The van der Waals surface area contributed by atoms with Crippen LogP contribution in [0.15, 0.2) is 48.5 Å². The number of primary amides is 1. The molecular weight excluding hydrogens is 350 g/mol. The molecule has 2 aromatic carbocycles. The van der Waals surface area contributed by atoms with Gasteiger partial charge < -0.3 is 11.1 Å². The number of aromatic nitrogens is 1. The first-order chi connectivity index (χ1) is 12.4. The van der Waals surface area contributed by atoms with Gasteiger partial charge >= 0.3 is 0 Å². The van der Waals surface area contributed by atoms with Crippen LogP contribution in [0, 0.1) is 0 Å². The standard InChI is InChI=1S/C20H18ClN3O2/c1-11(2)17-10-14(13-5-3-4-6-16(13)23-17)20(26)24-18-9-12(19(22)25)7-8-15(18)21/h3-11H,1-2H3,(H2,22,25)(H,24,26). The number of para-hydroxylation sites is 1. The summed E-state index contributed by atoms with van der Waals surface area (Å²) in [5, 5.41) is 3.85. The first-order valence-electron chi connectivity index (χ1n) is 8.17. The lowest BCUT2D eigenvalue weighted by Crippen LogP contribution is -2.16. The second-order valence-electron chi connectivity index (χ2n) is 6.28. The number of hydrogen-bond donors (Lipinski definition) is 2. The highest BCUT2D eigenvalue weighted by molar-refractivity contribution is 6.34. The van der Waals surface area contributed by atoms with Gasteiger partial charge in [-0.3, -0.25) is 14.6 Å². The second kappa shape index (κ2) is 7.14. The van der Waals surface area contributed by atoms with Crippen LogP contribution in [0.2, 0.25) is 5.02 Å². The van der Waals surface area contributed by atoms with Crippen LogP contribution in [0.25, 0.3) is 10.9 Å². The van der Waals surface area contributed by atoms with E-state index < -0.39 is 5.91 Å². The average Bonchev–Trinajstić information content (AvgIpc) is 2.62. The summed E-state index contributed by atoms with van der Waals surface area (Å²) >= 11 is 6.15. The molecule has 0 radical (unpaired) electrons. The molecule has 3 rings (SSSR count). The molecule has 0 unspecified atom stereocenters. The van der Waals surface area contributed by atoms with Crippen LogP contribution in [0.4, 0.5) is 5.69 Å². The van der Waals surface area contributed by atoms with E-state index in [4.69, 9.17) is 17.3 Å². The molecule has 26 heavy (non-hydrogen) atoms. The van der Waals surface area contributed by atoms with Gasteiger partial charge in [0.15, 0.2) is 0 Å². The number of halogens is 1. The number of amides is 2. The summed E-state index contributed by atoms with van der Waals surface area (Å²) in [6.45, 7) is 4.04. The highest BCUT2D eigenvalue weighted by atomic mass is 35.5. The molecule has 3 N–H and O–H groups in total. The molecule has 6 heteroatoms. The van der Waals surface area contributed by atoms with Gasteiger partial charge in [0.05, 0.1) is 21.8 Å². The van der Waals surface area contributed by atoms with Crippen molar-refractivity contribution in [1.29, 1.82) is 0 Å². The molecule has 5 nitrogen and oxygen atoms in total. The van der Waals surface area contributed by atoms with Gasteiger partial charge in [-0.1, -0.05) is 43.6 Å². The molecule has 0 bridgehead atoms. The third-order valence-corrected chi connectivity index (χ3v) is 4.40. The van der Waals surface area contributed by atoms with Crippen molar-refractivity contribution in [2.45, 2.75) is 19.8 Å². The fourth-order valence-corrected chi connectivity index (χ4v) is 2.81. The number of rotatable bonds is 4. The van der Waals surface area contributed by atoms with Crippen molar-refractivity contribution in [3.05, 3.63) is 70.4 Å². The van der Waals surface area contributed by atoms with Crippen molar-refractivity contribution in [3.63, 3.8) is 0 Å². The Labute approximate surface area is 156 Å². The Morgan fingerprint density at radius 3 is 2.54 bits per heavy atom. The highest BCUT2D eigenvalue weighted by Crippen LogP contribution is 2.26. The van der Waals surface area contributed by atoms with Crippen molar-refractivity contribution in [3.8, 4) is 0 Å². The van der Waals surface area contributed by atoms with E-state index in [0.717, 1.165) is 16.6 Å². The Kier molecular flexibility index (Phi) is 4.91. The summed E-state index contributed by atoms with van der Waals surface area (Å²) in [6, 6.07) is 13.8. The summed E-state index contributed by atoms with van der Waals surface area (Å²) in [7, 11) is 0. The zero-order valence-corrected chi connectivity index (χ0v) is 15.2. The minimum Gasteiger partial charge on any atom is -0.366 e. The van der Waals surface area contributed by atoms with E-state index in [0.29, 0.717) is 16.3 Å². The van der Waals surface area contributed by atoms with Crippen LogP contribution in [-0.2, 0) is 0 Å². The van der Waals surface area contributed by atoms with E-state index in [1.54, 1.807) is 6.07 Å². The molecular formula is C20H18ClN3O2. The molecule has 0 saturated heterocycles. The van der Waals surface area contributed by atoms with Gasteiger partial charge in [0.2, 0.25) is 5.91 Å². The number of fused-ring (bicyclic) bond motifs is 1. The van der Waals surface area contributed by atoms with Gasteiger partial charge in [0.1, 0.15) is 0 Å². The Morgan fingerprint density at radius 1 is 1.12 bits per heavy atom. The van der Waals surface area contributed by atoms with E-state index in [1.165, 1.54) is 18.2 Å². The number of benzene rings is 2. The Bertz CT molecular complexity index is 1020. The predicted molar refractivity (Wildman–Crippen MR) is 104 cm³/mol. The van der Waals surface area contributed by atoms with Crippen LogP contribution < -0.4 is 11.1 Å². The number of nitrogens with two attached hydrogens (primary N) is 1. The van der Waals surface area contributed by atoms with Crippen LogP contribution in [-0.4, -0.2) is 16.8 Å². The molecule has 0 aliphatic rings. The van der Waals surface area contributed by atoms with Gasteiger partial charge in [-0.05, 0) is 36.2 Å². The van der Waals surface area contributed by atoms with Gasteiger partial charge in [-0.2, -0.15) is 0 Å². The molecule has 0 atom stereocenters. The molecule has 0 fully saturated rings. The fraction of sp³-hybridized carbons (Fsp3) is 0.150. The maximum Gasteiger partial charge on any atom is 0.256 e. The maximum atomic E-state index is 12.9. The number of nitrogens with zero attached hydrogens (tertiary/aromatic N) is 1. The summed E-state index contributed by atoms with van der Waals surface area (Å²) in [4.78, 5) is 28.9. The van der Waals surface area contributed by atoms with Gasteiger partial charge in [-0.15, -0.1) is 0 Å². The van der Waals surface area contributed by atoms with Crippen molar-refractivity contribution >= 4 is 40.0 Å². The summed E-state index contributed by atoms with van der Waals surface area (Å²) in [5.41, 5.74) is 7.98. The van der Waals surface area contributed by atoms with Crippen LogP contribution in [0.5, 0.6) is 0 Å². The summed E-state index contributed by atoms with van der Waals surface area (Å²) in [5.74, 6) is -0.740. The summed E-state index contributed by atoms with van der Waals surface area (Å²) < 4.78 is 0. The topological polar surface area (TPSA) is 85.1 Å². The minimum absolute atomic E-state index is 0.174. The van der Waals surface area contributed by atoms with E-state index in [9.17, 15) is 9.59 Å². The Morgan fingerprint density at radius 2 is 1.85 bits per heavy atom. The largest absolute Gasteiger partial charge is 0.366 e. The monoisotopic (exact) mass is 367 g/mol. The van der Waals surface area contributed by atoms with Gasteiger partial charge in [0.25, 0.3) is 5.91 Å². The minimum atomic E-state index is -0.589. The van der Waals surface area contributed by atoms with Crippen LogP contribution in [0.1, 0.15) is 46.2 Å². The number of hydrogen-bond acceptors (Lipinski definition) is 3. The zero-order chi connectivity index (χ0) is 18.8. The van der Waals surface area contributed by atoms with E-state index in [2.05, 4.69) is 10.3 Å². The van der Waals surface area contributed by atoms with Gasteiger partial charge in [-0.25, -0.2) is 0 Å². The number of pyridine rings is 1. The predicted octanol–water partition coefficient (Wildman–Crippen LogP) is 4.36. The maximum absolute atomic E-state index is 12.9. The van der Waals surface area contributed by atoms with E-state index in [-0.39, 0.29) is 17.4 Å². The summed E-state index contributed by atoms with van der Waals surface area (Å²) in [6.07, 6.45) is 0. The average molecular weight is 368 g/mol. The molecule has 132 valence electrons. The molecule has 0 spiro atoms. The number of anilines is 1. The Balaban J connectivity index is 2.05. The van der Waals surface area contributed by atoms with Crippen molar-refractivity contribution in [2.24, 2.45) is 5.73 Å². The molecule has 1 aromatic heterocycles. The fourth-order valence-electron chi connectivity index (χ4n) is 2.64. The number of carbonyl (C=O) groups excluding carboxylic acids is 2. The first kappa shape index (κ1) is 17.9. The van der Waals surface area contributed by atoms with E-state index >= 15 is 0 Å². The van der Waals surface area contributed by atoms with Crippen LogP contribution >= 0.6 is 11.6 Å². The normalized spacial score (nSPS) is 10.9. The molecule has 3 aromatic rings. The van der Waals surface area contributed by atoms with Crippen molar-refractivity contribution in [2.75, 3.05) is 5.32 Å². The Hall–Kier alpha value is -2.92. The highest BCUT2D eigenvalue weighted by Gasteiger charge is 2.16. The SMILES string of the molecule is CC(C)c1cc(C(=O)Nc2cc(C(N)=O)ccc2Cl)c2ccccc2n1. The first-order valence-corrected chi connectivity index (χ1v) is 8.55. The number of nitrogens with one attached hydrogen (secondary N) is 1. The lowest BCUT2D eigenvalue weighted by molar-refractivity contribution is 0.0996. The van der Waals surface area contributed by atoms with Gasteiger partial charge in [0, 0.05) is 16.6 Å². The van der Waals surface area contributed by atoms with Crippen molar-refractivity contribution < 1.29 is 9.59 Å². The lowest BCUT2D eigenvalue weighted by atomic mass is 10.0.